The van der Waals surface area contributed by atoms with Gasteiger partial charge in [0.25, 0.3) is 5.89 Å². The second-order valence-corrected chi connectivity index (χ2v) is 9.14. The molecule has 0 fully saturated rings. The van der Waals surface area contributed by atoms with Crippen LogP contribution in [-0.4, -0.2) is 18.6 Å². The summed E-state index contributed by atoms with van der Waals surface area (Å²) in [7, 11) is -3.38. The molecule has 4 rings (SSSR count). The molecule has 0 aliphatic rings. The number of aryl methyl sites for hydroxylation is 2. The van der Waals surface area contributed by atoms with Crippen LogP contribution in [0, 0.1) is 13.8 Å². The van der Waals surface area contributed by atoms with E-state index in [2.05, 4.69) is 10.1 Å². The topological polar surface area (TPSA) is 86.2 Å². The lowest BCUT2D eigenvalue weighted by molar-refractivity contribution is 0.413. The van der Waals surface area contributed by atoms with E-state index in [4.69, 9.17) is 8.94 Å². The summed E-state index contributed by atoms with van der Waals surface area (Å²) in [5.74, 6) is 1.11. The molecule has 0 radical (unpaired) electrons. The SMILES string of the molecule is Cc1cccc(CS(=O)(=O)Cc2ccc(-c3nc(-c4cccc(C)c4)no3)o2)c1. The molecule has 2 aromatic carbocycles. The van der Waals surface area contributed by atoms with Gasteiger partial charge in [-0.1, -0.05) is 58.7 Å². The van der Waals surface area contributed by atoms with Crippen molar-refractivity contribution < 1.29 is 17.4 Å². The molecule has 0 aliphatic heterocycles. The van der Waals surface area contributed by atoms with Gasteiger partial charge in [-0.25, -0.2) is 8.42 Å². The first-order valence-electron chi connectivity index (χ1n) is 9.14. The molecule has 4 aromatic rings. The highest BCUT2D eigenvalue weighted by Crippen LogP contribution is 2.25. The fourth-order valence-electron chi connectivity index (χ4n) is 3.12. The standard InChI is InChI=1S/C22H20N2O4S/c1-15-5-3-7-17(11-15)13-29(25,26)14-19-9-10-20(27-19)22-23-21(24-28-22)18-8-4-6-16(2)12-18/h3-12H,13-14H2,1-2H3. The molecular weight excluding hydrogens is 388 g/mol. The number of aromatic nitrogens is 2. The Hall–Kier alpha value is -3.19. The van der Waals surface area contributed by atoms with Crippen molar-refractivity contribution in [3.8, 4) is 23.0 Å². The number of sulfone groups is 1. The van der Waals surface area contributed by atoms with Crippen molar-refractivity contribution in [2.75, 3.05) is 0 Å². The molecule has 0 atom stereocenters. The number of hydrogen-bond donors (Lipinski definition) is 0. The van der Waals surface area contributed by atoms with E-state index in [-0.39, 0.29) is 17.4 Å². The van der Waals surface area contributed by atoms with Gasteiger partial charge in [0.1, 0.15) is 11.5 Å². The van der Waals surface area contributed by atoms with Gasteiger partial charge in [0.05, 0.1) is 5.75 Å². The summed E-state index contributed by atoms with van der Waals surface area (Å²) in [4.78, 5) is 4.36. The van der Waals surface area contributed by atoms with Crippen LogP contribution in [0.5, 0.6) is 0 Å². The van der Waals surface area contributed by atoms with E-state index in [0.717, 1.165) is 22.3 Å². The Balaban J connectivity index is 1.50. The van der Waals surface area contributed by atoms with Gasteiger partial charge in [-0.3, -0.25) is 0 Å². The number of furan rings is 1. The average Bonchev–Trinajstić information content (AvgIpc) is 3.30. The summed E-state index contributed by atoms with van der Waals surface area (Å²) in [6, 6.07) is 18.5. The lowest BCUT2D eigenvalue weighted by atomic mass is 10.1. The molecule has 29 heavy (non-hydrogen) atoms. The van der Waals surface area contributed by atoms with Crippen molar-refractivity contribution >= 4 is 9.84 Å². The smallest absolute Gasteiger partial charge is 0.293 e. The van der Waals surface area contributed by atoms with Crippen molar-refractivity contribution in [3.05, 3.63) is 83.1 Å². The van der Waals surface area contributed by atoms with Gasteiger partial charge in [-0.15, -0.1) is 0 Å². The van der Waals surface area contributed by atoms with E-state index in [9.17, 15) is 8.42 Å². The molecule has 0 N–H and O–H groups in total. The highest BCUT2D eigenvalue weighted by atomic mass is 32.2. The molecule has 2 heterocycles. The van der Waals surface area contributed by atoms with Crippen LogP contribution in [0.4, 0.5) is 0 Å². The van der Waals surface area contributed by atoms with Crippen molar-refractivity contribution in [2.45, 2.75) is 25.4 Å². The van der Waals surface area contributed by atoms with E-state index in [1.54, 1.807) is 12.1 Å². The summed E-state index contributed by atoms with van der Waals surface area (Å²) < 4.78 is 36.0. The normalized spacial score (nSPS) is 11.7. The number of benzene rings is 2. The molecule has 0 aliphatic carbocycles. The maximum Gasteiger partial charge on any atom is 0.293 e. The second-order valence-electron chi connectivity index (χ2n) is 7.08. The maximum absolute atomic E-state index is 12.5. The predicted molar refractivity (Wildman–Crippen MR) is 110 cm³/mol. The molecule has 0 amide bonds. The van der Waals surface area contributed by atoms with E-state index in [1.165, 1.54) is 0 Å². The fraction of sp³-hybridized carbons (Fsp3) is 0.182. The van der Waals surface area contributed by atoms with Gasteiger partial charge in [0, 0.05) is 5.56 Å². The molecule has 0 saturated heterocycles. The quantitative estimate of drug-likeness (QED) is 0.458. The zero-order chi connectivity index (χ0) is 20.4. The van der Waals surface area contributed by atoms with E-state index >= 15 is 0 Å². The van der Waals surface area contributed by atoms with Gasteiger partial charge in [0.2, 0.25) is 5.82 Å². The van der Waals surface area contributed by atoms with Crippen molar-refractivity contribution in [1.82, 2.24) is 10.1 Å². The van der Waals surface area contributed by atoms with Crippen LogP contribution in [0.2, 0.25) is 0 Å². The van der Waals surface area contributed by atoms with Gasteiger partial charge < -0.3 is 8.94 Å². The molecular formula is C22H20N2O4S. The largest absolute Gasteiger partial charge is 0.455 e. The van der Waals surface area contributed by atoms with Gasteiger partial charge in [0.15, 0.2) is 15.6 Å². The molecule has 0 saturated carbocycles. The first kappa shape index (κ1) is 19.1. The molecule has 0 unspecified atom stereocenters. The molecule has 6 nitrogen and oxygen atoms in total. The maximum atomic E-state index is 12.5. The predicted octanol–water partition coefficient (Wildman–Crippen LogP) is 4.73. The number of hydrogen-bond acceptors (Lipinski definition) is 6. The summed E-state index contributed by atoms with van der Waals surface area (Å²) in [5, 5.41) is 3.99. The third kappa shape index (κ3) is 4.63. The molecule has 148 valence electrons. The zero-order valence-corrected chi connectivity index (χ0v) is 16.9. The first-order valence-corrected chi connectivity index (χ1v) is 11.0. The van der Waals surface area contributed by atoms with Crippen LogP contribution in [0.25, 0.3) is 23.0 Å². The first-order chi connectivity index (χ1) is 13.9. The second kappa shape index (κ2) is 7.67. The lowest BCUT2D eigenvalue weighted by Crippen LogP contribution is -2.07. The molecule has 0 spiro atoms. The van der Waals surface area contributed by atoms with E-state index in [0.29, 0.717) is 17.3 Å². The Morgan fingerprint density at radius 1 is 0.897 bits per heavy atom. The van der Waals surface area contributed by atoms with E-state index in [1.807, 2.05) is 62.4 Å². The Kier molecular flexibility index (Phi) is 5.07. The highest BCUT2D eigenvalue weighted by molar-refractivity contribution is 7.89. The van der Waals surface area contributed by atoms with Crippen LogP contribution in [0.3, 0.4) is 0 Å². The van der Waals surface area contributed by atoms with Crippen LogP contribution < -0.4 is 0 Å². The molecule has 7 heteroatoms. The van der Waals surface area contributed by atoms with Crippen molar-refractivity contribution in [3.63, 3.8) is 0 Å². The van der Waals surface area contributed by atoms with Crippen LogP contribution in [0.15, 0.2) is 69.6 Å². The Morgan fingerprint density at radius 3 is 2.41 bits per heavy atom. The van der Waals surface area contributed by atoms with Crippen LogP contribution >= 0.6 is 0 Å². The molecule has 2 aromatic heterocycles. The van der Waals surface area contributed by atoms with Gasteiger partial charge in [-0.2, -0.15) is 4.98 Å². The van der Waals surface area contributed by atoms with Gasteiger partial charge in [-0.05, 0) is 37.6 Å². The summed E-state index contributed by atoms with van der Waals surface area (Å²) >= 11 is 0. The third-order valence-electron chi connectivity index (χ3n) is 4.41. The fourth-order valence-corrected chi connectivity index (χ4v) is 4.50. The zero-order valence-electron chi connectivity index (χ0n) is 16.1. The van der Waals surface area contributed by atoms with Crippen molar-refractivity contribution in [1.29, 1.82) is 0 Å². The third-order valence-corrected chi connectivity index (χ3v) is 5.90. The highest BCUT2D eigenvalue weighted by Gasteiger charge is 2.19. The summed E-state index contributed by atoms with van der Waals surface area (Å²) in [6.07, 6.45) is 0. The summed E-state index contributed by atoms with van der Waals surface area (Å²) in [6.45, 7) is 3.92. The summed E-state index contributed by atoms with van der Waals surface area (Å²) in [5.41, 5.74) is 3.72. The minimum atomic E-state index is -3.38. The van der Waals surface area contributed by atoms with E-state index < -0.39 is 9.84 Å². The van der Waals surface area contributed by atoms with Crippen LogP contribution in [0.1, 0.15) is 22.5 Å². The Morgan fingerprint density at radius 2 is 1.66 bits per heavy atom. The lowest BCUT2D eigenvalue weighted by Gasteiger charge is -2.04. The number of nitrogens with zero attached hydrogens (tertiary/aromatic N) is 2. The monoisotopic (exact) mass is 408 g/mol. The van der Waals surface area contributed by atoms with Crippen LogP contribution in [-0.2, 0) is 21.3 Å². The minimum absolute atomic E-state index is 0.0389. The number of rotatable bonds is 6. The molecule has 0 bridgehead atoms. The minimum Gasteiger partial charge on any atom is -0.455 e. The van der Waals surface area contributed by atoms with Gasteiger partial charge >= 0.3 is 0 Å². The van der Waals surface area contributed by atoms with Crippen molar-refractivity contribution in [2.24, 2.45) is 0 Å². The Labute approximate surface area is 169 Å². The average molecular weight is 408 g/mol. The Bertz CT molecular complexity index is 1260.